The number of rotatable bonds is 7. The topological polar surface area (TPSA) is 49.8 Å². The highest BCUT2D eigenvalue weighted by Gasteiger charge is 2.43. The first-order chi connectivity index (χ1) is 10.1. The molecule has 0 spiro atoms. The smallest absolute Gasteiger partial charge is 0.310 e. The van der Waals surface area contributed by atoms with Crippen LogP contribution in [0.1, 0.15) is 26.2 Å². The van der Waals surface area contributed by atoms with E-state index in [-0.39, 0.29) is 11.6 Å². The monoisotopic (exact) mass is 295 g/mol. The number of carbonyl (C=O) groups is 1. The lowest BCUT2D eigenvalue weighted by atomic mass is 9.83. The molecule has 4 nitrogen and oxygen atoms in total. The number of hydrogen-bond acceptors (Lipinski definition) is 3. The predicted molar refractivity (Wildman–Crippen MR) is 77.9 cm³/mol. The SMILES string of the molecule is CCCC1(C(=O)O)CCN(CCOc2ccccc2F)C1. The number of benzene rings is 1. The van der Waals surface area contributed by atoms with E-state index in [1.54, 1.807) is 18.2 Å². The quantitative estimate of drug-likeness (QED) is 0.840. The fourth-order valence-corrected chi connectivity index (χ4v) is 2.96. The zero-order chi connectivity index (χ0) is 15.3. The van der Waals surface area contributed by atoms with Gasteiger partial charge in [0.05, 0.1) is 5.41 Å². The molecule has 2 rings (SSSR count). The second-order valence-electron chi connectivity index (χ2n) is 5.64. The molecule has 1 aliphatic rings. The molecule has 1 heterocycles. The second-order valence-corrected chi connectivity index (χ2v) is 5.64. The molecule has 1 aromatic carbocycles. The molecule has 1 aliphatic heterocycles. The maximum absolute atomic E-state index is 13.4. The molecular formula is C16H22FNO3. The molecular weight excluding hydrogens is 273 g/mol. The Bertz CT molecular complexity index is 494. The first kappa shape index (κ1) is 15.8. The van der Waals surface area contributed by atoms with Crippen LogP contribution in [0, 0.1) is 11.2 Å². The molecule has 1 unspecified atom stereocenters. The zero-order valence-corrected chi connectivity index (χ0v) is 12.3. The molecule has 5 heteroatoms. The van der Waals surface area contributed by atoms with Crippen LogP contribution in [0.15, 0.2) is 24.3 Å². The number of halogens is 1. The van der Waals surface area contributed by atoms with E-state index in [2.05, 4.69) is 4.90 Å². The first-order valence-corrected chi connectivity index (χ1v) is 7.40. The van der Waals surface area contributed by atoms with Gasteiger partial charge in [-0.25, -0.2) is 4.39 Å². The van der Waals surface area contributed by atoms with Gasteiger partial charge in [-0.3, -0.25) is 9.69 Å². The van der Waals surface area contributed by atoms with Gasteiger partial charge in [-0.2, -0.15) is 0 Å². The maximum Gasteiger partial charge on any atom is 0.310 e. The van der Waals surface area contributed by atoms with Gasteiger partial charge in [-0.1, -0.05) is 25.5 Å². The van der Waals surface area contributed by atoms with Crippen molar-refractivity contribution in [2.45, 2.75) is 26.2 Å². The summed E-state index contributed by atoms with van der Waals surface area (Å²) in [4.78, 5) is 13.6. The number of hydrogen-bond donors (Lipinski definition) is 1. The van der Waals surface area contributed by atoms with E-state index in [0.29, 0.717) is 32.5 Å². The van der Waals surface area contributed by atoms with Crippen LogP contribution in [0.4, 0.5) is 4.39 Å². The van der Waals surface area contributed by atoms with Crippen molar-refractivity contribution in [3.05, 3.63) is 30.1 Å². The van der Waals surface area contributed by atoms with E-state index in [4.69, 9.17) is 4.74 Å². The molecule has 0 aliphatic carbocycles. The van der Waals surface area contributed by atoms with Crippen LogP contribution < -0.4 is 4.74 Å². The fraction of sp³-hybridized carbons (Fsp3) is 0.562. The first-order valence-electron chi connectivity index (χ1n) is 7.40. The Hall–Kier alpha value is -1.62. The van der Waals surface area contributed by atoms with Crippen LogP contribution in [-0.2, 0) is 4.79 Å². The van der Waals surface area contributed by atoms with Crippen LogP contribution in [0.5, 0.6) is 5.75 Å². The van der Waals surface area contributed by atoms with Crippen molar-refractivity contribution in [2.24, 2.45) is 5.41 Å². The molecule has 1 aromatic rings. The number of nitrogens with zero attached hydrogens (tertiary/aromatic N) is 1. The molecule has 1 fully saturated rings. The van der Waals surface area contributed by atoms with Crippen LogP contribution in [-0.4, -0.2) is 42.2 Å². The molecule has 0 radical (unpaired) electrons. The van der Waals surface area contributed by atoms with Gasteiger partial charge in [0.2, 0.25) is 0 Å². The summed E-state index contributed by atoms with van der Waals surface area (Å²) < 4.78 is 18.8. The molecule has 1 N–H and O–H groups in total. The van der Waals surface area contributed by atoms with Crippen molar-refractivity contribution in [2.75, 3.05) is 26.2 Å². The predicted octanol–water partition coefficient (Wildman–Crippen LogP) is 2.78. The third-order valence-corrected chi connectivity index (χ3v) is 4.12. The minimum atomic E-state index is -0.707. The molecule has 21 heavy (non-hydrogen) atoms. The summed E-state index contributed by atoms with van der Waals surface area (Å²) in [5.74, 6) is -0.832. The van der Waals surface area contributed by atoms with Gasteiger partial charge in [-0.15, -0.1) is 0 Å². The number of carboxylic acids is 1. The highest BCUT2D eigenvalue weighted by atomic mass is 19.1. The van der Waals surface area contributed by atoms with Gasteiger partial charge in [0.1, 0.15) is 6.61 Å². The number of aliphatic carboxylic acids is 1. The minimum Gasteiger partial charge on any atom is -0.489 e. The Labute approximate surface area is 124 Å². The number of ether oxygens (including phenoxy) is 1. The van der Waals surface area contributed by atoms with Gasteiger partial charge >= 0.3 is 5.97 Å². The van der Waals surface area contributed by atoms with Crippen molar-refractivity contribution < 1.29 is 19.0 Å². The van der Waals surface area contributed by atoms with Gasteiger partial charge < -0.3 is 9.84 Å². The summed E-state index contributed by atoms with van der Waals surface area (Å²) in [6.45, 7) is 4.30. The third kappa shape index (κ3) is 3.73. The van der Waals surface area contributed by atoms with E-state index >= 15 is 0 Å². The Morgan fingerprint density at radius 1 is 1.48 bits per heavy atom. The molecule has 0 aromatic heterocycles. The Kier molecular flexibility index (Phi) is 5.17. The van der Waals surface area contributed by atoms with Crippen LogP contribution in [0.3, 0.4) is 0 Å². The van der Waals surface area contributed by atoms with E-state index in [0.717, 1.165) is 13.0 Å². The van der Waals surface area contributed by atoms with Crippen LogP contribution in [0.25, 0.3) is 0 Å². The average Bonchev–Trinajstić information content (AvgIpc) is 2.86. The van der Waals surface area contributed by atoms with Gasteiger partial charge in [0.25, 0.3) is 0 Å². The van der Waals surface area contributed by atoms with E-state index in [1.165, 1.54) is 6.07 Å². The van der Waals surface area contributed by atoms with E-state index in [9.17, 15) is 14.3 Å². The van der Waals surface area contributed by atoms with Crippen LogP contribution >= 0.6 is 0 Å². The standard InChI is InChI=1S/C16H22FNO3/c1-2-7-16(15(19)20)8-9-18(12-16)10-11-21-14-6-4-3-5-13(14)17/h3-6H,2,7-12H2,1H3,(H,19,20). The van der Waals surface area contributed by atoms with Gasteiger partial charge in [-0.05, 0) is 31.5 Å². The van der Waals surface area contributed by atoms with Crippen molar-refractivity contribution in [1.29, 1.82) is 0 Å². The van der Waals surface area contributed by atoms with Gasteiger partial charge in [0.15, 0.2) is 11.6 Å². The lowest BCUT2D eigenvalue weighted by Crippen LogP contribution is -2.35. The minimum absolute atomic E-state index is 0.245. The second kappa shape index (κ2) is 6.89. The van der Waals surface area contributed by atoms with Crippen molar-refractivity contribution in [3.8, 4) is 5.75 Å². The number of carboxylic acid groups (broad SMARTS) is 1. The normalized spacial score (nSPS) is 22.4. The molecule has 0 bridgehead atoms. The fourth-order valence-electron chi connectivity index (χ4n) is 2.96. The summed E-state index contributed by atoms with van der Waals surface area (Å²) in [5.41, 5.74) is -0.618. The number of likely N-dealkylation sites (tertiary alicyclic amines) is 1. The Morgan fingerprint density at radius 3 is 2.90 bits per heavy atom. The lowest BCUT2D eigenvalue weighted by molar-refractivity contribution is -0.148. The van der Waals surface area contributed by atoms with Crippen molar-refractivity contribution in [1.82, 2.24) is 4.90 Å². The highest BCUT2D eigenvalue weighted by Crippen LogP contribution is 2.35. The average molecular weight is 295 g/mol. The third-order valence-electron chi connectivity index (χ3n) is 4.12. The van der Waals surface area contributed by atoms with E-state index < -0.39 is 11.4 Å². The summed E-state index contributed by atoms with van der Waals surface area (Å²) in [5, 5.41) is 9.44. The zero-order valence-electron chi connectivity index (χ0n) is 12.3. The van der Waals surface area contributed by atoms with Gasteiger partial charge in [0, 0.05) is 13.1 Å². The highest BCUT2D eigenvalue weighted by molar-refractivity contribution is 5.75. The Balaban J connectivity index is 1.83. The molecule has 1 atom stereocenters. The molecule has 0 saturated carbocycles. The summed E-state index contributed by atoms with van der Waals surface area (Å²) >= 11 is 0. The largest absolute Gasteiger partial charge is 0.489 e. The van der Waals surface area contributed by atoms with E-state index in [1.807, 2.05) is 6.92 Å². The summed E-state index contributed by atoms with van der Waals surface area (Å²) in [7, 11) is 0. The van der Waals surface area contributed by atoms with Crippen LogP contribution in [0.2, 0.25) is 0 Å². The molecule has 0 amide bonds. The van der Waals surface area contributed by atoms with Crippen molar-refractivity contribution in [3.63, 3.8) is 0 Å². The number of para-hydroxylation sites is 1. The van der Waals surface area contributed by atoms with Crippen molar-refractivity contribution >= 4 is 5.97 Å². The maximum atomic E-state index is 13.4. The molecule has 116 valence electrons. The molecule has 1 saturated heterocycles. The Morgan fingerprint density at radius 2 is 2.24 bits per heavy atom. The summed E-state index contributed by atoms with van der Waals surface area (Å²) in [6.07, 6.45) is 2.24. The lowest BCUT2D eigenvalue weighted by Gasteiger charge is -2.24. The summed E-state index contributed by atoms with van der Waals surface area (Å²) in [6, 6.07) is 6.30.